The van der Waals surface area contributed by atoms with Crippen LogP contribution in [0.3, 0.4) is 0 Å². The van der Waals surface area contributed by atoms with Crippen LogP contribution in [-0.2, 0) is 9.53 Å². The Labute approximate surface area is 98.6 Å². The predicted molar refractivity (Wildman–Crippen MR) is 68.3 cm³/mol. The summed E-state index contributed by atoms with van der Waals surface area (Å²) in [6.45, 7) is 9.55. The van der Waals surface area contributed by atoms with Gasteiger partial charge in [0.25, 0.3) is 0 Å². The maximum atomic E-state index is 11.1. The van der Waals surface area contributed by atoms with Gasteiger partial charge in [0.2, 0.25) is 0 Å². The molecule has 0 aromatic heterocycles. The molecule has 0 unspecified atom stereocenters. The molecule has 0 heterocycles. The Hall–Kier alpha value is -1.32. The van der Waals surface area contributed by atoms with Gasteiger partial charge in [-0.15, -0.1) is 0 Å². The van der Waals surface area contributed by atoms with Crippen LogP contribution >= 0.6 is 0 Å². The van der Waals surface area contributed by atoms with Gasteiger partial charge in [0.05, 0.1) is 12.7 Å². The largest absolute Gasteiger partial charge is 0.466 e. The van der Waals surface area contributed by atoms with E-state index in [1.807, 2.05) is 20.8 Å². The zero-order valence-electron chi connectivity index (χ0n) is 11.3. The van der Waals surface area contributed by atoms with Gasteiger partial charge in [-0.05, 0) is 20.3 Å². The third-order valence-corrected chi connectivity index (χ3v) is 1.80. The molecule has 0 aromatic carbocycles. The molecule has 2 N–H and O–H groups in total. The number of rotatable bonds is 4. The van der Waals surface area contributed by atoms with E-state index in [2.05, 4.69) is 16.7 Å². The fourth-order valence-corrected chi connectivity index (χ4v) is 0.965. The Morgan fingerprint density at radius 2 is 1.81 bits per heavy atom. The highest BCUT2D eigenvalue weighted by molar-refractivity contribution is 5.89. The van der Waals surface area contributed by atoms with Gasteiger partial charge in [-0.25, -0.2) is 9.79 Å². The van der Waals surface area contributed by atoms with E-state index in [9.17, 15) is 4.79 Å². The lowest BCUT2D eigenvalue weighted by atomic mass is 10.2. The Balaban J connectivity index is 0. The summed E-state index contributed by atoms with van der Waals surface area (Å²) < 4.78 is 4.53. The van der Waals surface area contributed by atoms with E-state index in [4.69, 9.17) is 5.73 Å². The minimum Gasteiger partial charge on any atom is -0.466 e. The molecule has 0 aliphatic heterocycles. The van der Waals surface area contributed by atoms with Crippen molar-refractivity contribution >= 4 is 11.7 Å². The molecule has 16 heavy (non-hydrogen) atoms. The Morgan fingerprint density at radius 3 is 2.19 bits per heavy atom. The third kappa shape index (κ3) is 7.04. The van der Waals surface area contributed by atoms with Gasteiger partial charge in [0.1, 0.15) is 5.82 Å². The second kappa shape index (κ2) is 10.2. The van der Waals surface area contributed by atoms with E-state index in [0.29, 0.717) is 5.57 Å². The molecule has 0 aliphatic carbocycles. The standard InChI is InChI=1S/C10H18N2O2.C2H6/c1-5-6-7(2)12-9(11)8(3)10(13)14-4;1-2/h5-6,11H2,1-4H3;1-2H3/b9-8+,12-7+;. The summed E-state index contributed by atoms with van der Waals surface area (Å²) in [5.41, 5.74) is 6.89. The number of esters is 1. The van der Waals surface area contributed by atoms with Gasteiger partial charge in [-0.2, -0.15) is 0 Å². The molecular weight excluding hydrogens is 204 g/mol. The highest BCUT2D eigenvalue weighted by atomic mass is 16.5. The molecule has 94 valence electrons. The first-order chi connectivity index (χ1) is 7.52. The topological polar surface area (TPSA) is 64.7 Å². The van der Waals surface area contributed by atoms with Crippen LogP contribution in [0.1, 0.15) is 47.5 Å². The molecule has 0 amide bonds. The summed E-state index contributed by atoms with van der Waals surface area (Å²) in [5, 5.41) is 0. The van der Waals surface area contributed by atoms with Gasteiger partial charge in [0.15, 0.2) is 0 Å². The van der Waals surface area contributed by atoms with E-state index >= 15 is 0 Å². The molecular formula is C12H24N2O2. The number of ether oxygens (including phenoxy) is 1. The van der Waals surface area contributed by atoms with Gasteiger partial charge in [-0.3, -0.25) is 0 Å². The molecule has 0 bridgehead atoms. The highest BCUT2D eigenvalue weighted by Crippen LogP contribution is 2.03. The summed E-state index contributed by atoms with van der Waals surface area (Å²) >= 11 is 0. The maximum absolute atomic E-state index is 11.1. The van der Waals surface area contributed by atoms with Crippen LogP contribution in [0, 0.1) is 0 Å². The number of hydrogen-bond acceptors (Lipinski definition) is 4. The molecule has 0 saturated heterocycles. The predicted octanol–water partition coefficient (Wildman–Crippen LogP) is 2.64. The van der Waals surface area contributed by atoms with Crippen molar-refractivity contribution in [1.82, 2.24) is 0 Å². The number of carbonyl (C=O) groups is 1. The van der Waals surface area contributed by atoms with E-state index in [0.717, 1.165) is 18.6 Å². The summed E-state index contributed by atoms with van der Waals surface area (Å²) in [4.78, 5) is 15.2. The number of carbonyl (C=O) groups excluding carboxylic acids is 1. The van der Waals surface area contributed by atoms with Gasteiger partial charge in [0, 0.05) is 5.71 Å². The average Bonchev–Trinajstić information content (AvgIpc) is 2.29. The minimum atomic E-state index is -0.435. The first kappa shape index (κ1) is 17.1. The highest BCUT2D eigenvalue weighted by Gasteiger charge is 2.07. The zero-order valence-corrected chi connectivity index (χ0v) is 11.3. The van der Waals surface area contributed by atoms with Crippen molar-refractivity contribution in [1.29, 1.82) is 0 Å². The first-order valence-electron chi connectivity index (χ1n) is 5.61. The summed E-state index contributed by atoms with van der Waals surface area (Å²) in [6, 6.07) is 0. The van der Waals surface area contributed by atoms with E-state index in [-0.39, 0.29) is 5.82 Å². The minimum absolute atomic E-state index is 0.239. The third-order valence-electron chi connectivity index (χ3n) is 1.80. The lowest BCUT2D eigenvalue weighted by molar-refractivity contribution is -0.136. The first-order valence-corrected chi connectivity index (χ1v) is 5.61. The van der Waals surface area contributed by atoms with Crippen molar-refractivity contribution in [2.24, 2.45) is 10.7 Å². The van der Waals surface area contributed by atoms with Gasteiger partial charge in [-0.1, -0.05) is 27.2 Å². The maximum Gasteiger partial charge on any atom is 0.337 e. The van der Waals surface area contributed by atoms with E-state index < -0.39 is 5.97 Å². The second-order valence-corrected chi connectivity index (χ2v) is 3.10. The summed E-state index contributed by atoms with van der Waals surface area (Å²) in [7, 11) is 1.32. The zero-order chi connectivity index (χ0) is 13.1. The van der Waals surface area contributed by atoms with Crippen molar-refractivity contribution in [3.63, 3.8) is 0 Å². The van der Waals surface area contributed by atoms with Crippen molar-refractivity contribution in [2.75, 3.05) is 7.11 Å². The van der Waals surface area contributed by atoms with Crippen molar-refractivity contribution in [3.05, 3.63) is 11.4 Å². The van der Waals surface area contributed by atoms with Crippen molar-refractivity contribution in [2.45, 2.75) is 47.5 Å². The normalized spacial score (nSPS) is 12.2. The van der Waals surface area contributed by atoms with Crippen molar-refractivity contribution in [3.8, 4) is 0 Å². The van der Waals surface area contributed by atoms with Crippen LogP contribution in [0.5, 0.6) is 0 Å². The van der Waals surface area contributed by atoms with Crippen LogP contribution in [0.25, 0.3) is 0 Å². The molecule has 4 nitrogen and oxygen atoms in total. The van der Waals surface area contributed by atoms with Crippen LogP contribution in [-0.4, -0.2) is 18.8 Å². The fourth-order valence-electron chi connectivity index (χ4n) is 0.965. The van der Waals surface area contributed by atoms with Gasteiger partial charge >= 0.3 is 5.97 Å². The molecule has 0 fully saturated rings. The number of aliphatic imine (C=N–C) groups is 1. The van der Waals surface area contributed by atoms with E-state index in [1.165, 1.54) is 7.11 Å². The smallest absolute Gasteiger partial charge is 0.337 e. The average molecular weight is 228 g/mol. The number of methoxy groups -OCH3 is 1. The number of nitrogens with two attached hydrogens (primary N) is 1. The van der Waals surface area contributed by atoms with Crippen molar-refractivity contribution < 1.29 is 9.53 Å². The summed E-state index contributed by atoms with van der Waals surface area (Å²) in [5.74, 6) is -0.196. The fraction of sp³-hybridized carbons (Fsp3) is 0.667. The quantitative estimate of drug-likeness (QED) is 0.457. The molecule has 4 heteroatoms. The second-order valence-electron chi connectivity index (χ2n) is 3.10. The SMILES string of the molecule is CC.CCC/C(C)=N/C(N)=C(\C)C(=O)OC. The number of hydrogen-bond donors (Lipinski definition) is 1. The molecule has 0 radical (unpaired) electrons. The molecule has 0 atom stereocenters. The van der Waals surface area contributed by atoms with Gasteiger partial charge < -0.3 is 10.5 Å². The molecule has 0 aliphatic rings. The molecule has 0 rings (SSSR count). The molecule has 0 saturated carbocycles. The monoisotopic (exact) mass is 228 g/mol. The Morgan fingerprint density at radius 1 is 1.31 bits per heavy atom. The van der Waals surface area contributed by atoms with Crippen LogP contribution < -0.4 is 5.73 Å². The lowest BCUT2D eigenvalue weighted by Crippen LogP contribution is -2.10. The van der Waals surface area contributed by atoms with Crippen LogP contribution in [0.15, 0.2) is 16.4 Å². The van der Waals surface area contributed by atoms with E-state index in [1.54, 1.807) is 6.92 Å². The lowest BCUT2D eigenvalue weighted by Gasteiger charge is -2.02. The summed E-state index contributed by atoms with van der Waals surface area (Å²) in [6.07, 6.45) is 1.90. The number of nitrogens with zero attached hydrogens (tertiary/aromatic N) is 1. The Kier molecular flexibility index (Phi) is 10.9. The Bertz CT molecular complexity index is 268. The molecule has 0 spiro atoms. The van der Waals surface area contributed by atoms with Crippen LogP contribution in [0.4, 0.5) is 0 Å². The van der Waals surface area contributed by atoms with Crippen LogP contribution in [0.2, 0.25) is 0 Å². The molecule has 0 aromatic rings.